The highest BCUT2D eigenvalue weighted by Crippen LogP contribution is 2.12. The van der Waals surface area contributed by atoms with Gasteiger partial charge in [-0.05, 0) is 6.07 Å². The normalized spacial score (nSPS) is 8.90. The summed E-state index contributed by atoms with van der Waals surface area (Å²) in [6.45, 7) is 0. The number of rotatable bonds is 0. The third-order valence-electron chi connectivity index (χ3n) is 0.956. The van der Waals surface area contributed by atoms with Crippen molar-refractivity contribution in [3.63, 3.8) is 0 Å². The molecule has 0 bridgehead atoms. The Kier molecular flexibility index (Phi) is 1.88. The summed E-state index contributed by atoms with van der Waals surface area (Å²) in [5, 5.41) is 0.00273. The standard InChI is InChI=1S/C7H3ClFN/c1-2-5-3-6(8)7(9)4-10-5/h1,3-4H. The topological polar surface area (TPSA) is 12.9 Å². The van der Waals surface area contributed by atoms with Crippen LogP contribution in [-0.4, -0.2) is 4.98 Å². The van der Waals surface area contributed by atoms with Crippen molar-refractivity contribution in [2.24, 2.45) is 0 Å². The van der Waals surface area contributed by atoms with Crippen molar-refractivity contribution in [3.8, 4) is 12.3 Å². The molecule has 1 rings (SSSR count). The fourth-order valence-corrected chi connectivity index (χ4v) is 0.645. The smallest absolute Gasteiger partial charge is 0.160 e. The van der Waals surface area contributed by atoms with Gasteiger partial charge in [0.15, 0.2) is 5.82 Å². The van der Waals surface area contributed by atoms with Crippen molar-refractivity contribution < 1.29 is 4.39 Å². The van der Waals surface area contributed by atoms with Gasteiger partial charge in [0.05, 0.1) is 11.2 Å². The van der Waals surface area contributed by atoms with Crippen LogP contribution in [0.1, 0.15) is 5.69 Å². The van der Waals surface area contributed by atoms with Crippen molar-refractivity contribution in [2.75, 3.05) is 0 Å². The Bertz CT molecular complexity index is 290. The maximum Gasteiger partial charge on any atom is 0.160 e. The minimum Gasteiger partial charge on any atom is -0.245 e. The van der Waals surface area contributed by atoms with Crippen LogP contribution in [0.4, 0.5) is 4.39 Å². The van der Waals surface area contributed by atoms with E-state index in [1.807, 2.05) is 0 Å². The largest absolute Gasteiger partial charge is 0.245 e. The van der Waals surface area contributed by atoms with Crippen LogP contribution >= 0.6 is 11.6 Å². The molecule has 10 heavy (non-hydrogen) atoms. The molecule has 1 aromatic heterocycles. The van der Waals surface area contributed by atoms with E-state index >= 15 is 0 Å². The summed E-state index contributed by atoms with van der Waals surface area (Å²) < 4.78 is 12.4. The minimum absolute atomic E-state index is 0.00273. The third kappa shape index (κ3) is 1.26. The van der Waals surface area contributed by atoms with Crippen LogP contribution in [0.3, 0.4) is 0 Å². The number of halogens is 2. The Morgan fingerprint density at radius 2 is 2.40 bits per heavy atom. The van der Waals surface area contributed by atoms with E-state index in [1.54, 1.807) is 0 Å². The highest BCUT2D eigenvalue weighted by atomic mass is 35.5. The number of nitrogens with zero attached hydrogens (tertiary/aromatic N) is 1. The summed E-state index contributed by atoms with van der Waals surface area (Å²) in [5.74, 6) is 1.68. The zero-order valence-corrected chi connectivity index (χ0v) is 5.69. The van der Waals surface area contributed by atoms with Gasteiger partial charge in [-0.15, -0.1) is 6.42 Å². The van der Waals surface area contributed by atoms with E-state index in [0.29, 0.717) is 5.69 Å². The molecule has 1 aromatic rings. The maximum atomic E-state index is 12.4. The number of aromatic nitrogens is 1. The average molecular weight is 156 g/mol. The van der Waals surface area contributed by atoms with E-state index in [4.69, 9.17) is 18.0 Å². The molecule has 0 saturated heterocycles. The van der Waals surface area contributed by atoms with Crippen molar-refractivity contribution >= 4 is 11.6 Å². The lowest BCUT2D eigenvalue weighted by molar-refractivity contribution is 0.621. The number of hydrogen-bond donors (Lipinski definition) is 0. The fraction of sp³-hybridized carbons (Fsp3) is 0. The lowest BCUT2D eigenvalue weighted by Crippen LogP contribution is -1.84. The van der Waals surface area contributed by atoms with Crippen LogP contribution in [0.2, 0.25) is 5.02 Å². The molecule has 50 valence electrons. The van der Waals surface area contributed by atoms with Crippen LogP contribution in [0.25, 0.3) is 0 Å². The molecular weight excluding hydrogens is 153 g/mol. The van der Waals surface area contributed by atoms with Crippen LogP contribution < -0.4 is 0 Å². The molecule has 3 heteroatoms. The molecule has 0 saturated carbocycles. The number of pyridine rings is 1. The maximum absolute atomic E-state index is 12.4. The van der Waals surface area contributed by atoms with Crippen molar-refractivity contribution in [2.45, 2.75) is 0 Å². The molecule has 0 unspecified atom stereocenters. The molecule has 0 aromatic carbocycles. The summed E-state index contributed by atoms with van der Waals surface area (Å²) in [7, 11) is 0. The monoisotopic (exact) mass is 155 g/mol. The highest BCUT2D eigenvalue weighted by Gasteiger charge is 1.98. The van der Waals surface area contributed by atoms with Crippen LogP contribution in [-0.2, 0) is 0 Å². The van der Waals surface area contributed by atoms with Crippen LogP contribution in [0.5, 0.6) is 0 Å². The second-order valence-corrected chi connectivity index (χ2v) is 2.04. The first-order chi connectivity index (χ1) is 4.74. The van der Waals surface area contributed by atoms with Gasteiger partial charge in [-0.1, -0.05) is 17.5 Å². The van der Waals surface area contributed by atoms with E-state index in [-0.39, 0.29) is 5.02 Å². The average Bonchev–Trinajstić information content (AvgIpc) is 1.95. The van der Waals surface area contributed by atoms with Gasteiger partial charge in [-0.2, -0.15) is 0 Å². The molecule has 0 aliphatic rings. The van der Waals surface area contributed by atoms with Gasteiger partial charge in [0, 0.05) is 0 Å². The zero-order chi connectivity index (χ0) is 7.56. The Balaban J connectivity index is 3.20. The second kappa shape index (κ2) is 2.68. The summed E-state index contributed by atoms with van der Waals surface area (Å²) in [6, 6.07) is 1.30. The predicted molar refractivity (Wildman–Crippen MR) is 37.1 cm³/mol. The summed E-state index contributed by atoms with van der Waals surface area (Å²) in [4.78, 5) is 3.56. The SMILES string of the molecule is C#Cc1cc(Cl)c(F)cn1. The minimum atomic E-state index is -0.555. The molecule has 1 heterocycles. The Hall–Kier alpha value is -1.07. The summed E-state index contributed by atoms with van der Waals surface area (Å²) >= 11 is 5.38. The van der Waals surface area contributed by atoms with Crippen molar-refractivity contribution in [1.29, 1.82) is 0 Å². The van der Waals surface area contributed by atoms with Gasteiger partial charge in [0.2, 0.25) is 0 Å². The fourth-order valence-electron chi connectivity index (χ4n) is 0.493. The van der Waals surface area contributed by atoms with E-state index in [1.165, 1.54) is 6.07 Å². The molecule has 0 atom stereocenters. The second-order valence-electron chi connectivity index (χ2n) is 1.63. The molecule has 0 N–H and O–H groups in total. The van der Waals surface area contributed by atoms with Gasteiger partial charge < -0.3 is 0 Å². The molecule has 0 aliphatic carbocycles. The first-order valence-corrected chi connectivity index (χ1v) is 2.89. The highest BCUT2D eigenvalue weighted by molar-refractivity contribution is 6.30. The van der Waals surface area contributed by atoms with Gasteiger partial charge in [-0.3, -0.25) is 0 Å². The van der Waals surface area contributed by atoms with Crippen LogP contribution in [0, 0.1) is 18.2 Å². The lowest BCUT2D eigenvalue weighted by atomic mass is 10.3. The quantitative estimate of drug-likeness (QED) is 0.521. The number of hydrogen-bond acceptors (Lipinski definition) is 1. The molecular formula is C7H3ClFN. The van der Waals surface area contributed by atoms with Gasteiger partial charge in [0.1, 0.15) is 5.69 Å². The first kappa shape index (κ1) is 7.04. The molecule has 0 radical (unpaired) electrons. The van der Waals surface area contributed by atoms with Crippen molar-refractivity contribution in [3.05, 3.63) is 28.8 Å². The molecule has 0 fully saturated rings. The zero-order valence-electron chi connectivity index (χ0n) is 4.94. The van der Waals surface area contributed by atoms with E-state index in [0.717, 1.165) is 6.20 Å². The summed E-state index contributed by atoms with van der Waals surface area (Å²) in [6.07, 6.45) is 5.97. The third-order valence-corrected chi connectivity index (χ3v) is 1.25. The van der Waals surface area contributed by atoms with E-state index in [2.05, 4.69) is 10.9 Å². The van der Waals surface area contributed by atoms with E-state index in [9.17, 15) is 4.39 Å². The van der Waals surface area contributed by atoms with Crippen LogP contribution in [0.15, 0.2) is 12.3 Å². The Morgan fingerprint density at radius 3 is 2.90 bits per heavy atom. The van der Waals surface area contributed by atoms with Gasteiger partial charge in [-0.25, -0.2) is 9.37 Å². The Labute approximate surface area is 62.8 Å². The Morgan fingerprint density at radius 1 is 1.70 bits per heavy atom. The molecule has 1 nitrogen and oxygen atoms in total. The predicted octanol–water partition coefficient (Wildman–Crippen LogP) is 1.86. The molecule has 0 amide bonds. The first-order valence-electron chi connectivity index (χ1n) is 2.51. The lowest BCUT2D eigenvalue weighted by Gasteiger charge is -1.91. The summed E-state index contributed by atoms with van der Waals surface area (Å²) in [5.41, 5.74) is 0.339. The molecule has 0 spiro atoms. The van der Waals surface area contributed by atoms with Crippen molar-refractivity contribution in [1.82, 2.24) is 4.98 Å². The van der Waals surface area contributed by atoms with Gasteiger partial charge in [0.25, 0.3) is 0 Å². The van der Waals surface area contributed by atoms with Gasteiger partial charge >= 0.3 is 0 Å². The number of terminal acetylenes is 1. The van der Waals surface area contributed by atoms with E-state index < -0.39 is 5.82 Å². The molecule has 0 aliphatic heterocycles.